The number of carboxylic acid groups (broad SMARTS) is 1. The Morgan fingerprint density at radius 1 is 1.32 bits per heavy atom. The van der Waals surface area contributed by atoms with E-state index in [1.165, 1.54) is 6.07 Å². The molecule has 0 saturated heterocycles. The molecule has 0 bridgehead atoms. The first-order valence-corrected chi connectivity index (χ1v) is 9.69. The molecule has 1 aliphatic rings. The van der Waals surface area contributed by atoms with Crippen molar-refractivity contribution in [3.05, 3.63) is 57.1 Å². The number of rotatable bonds is 4. The summed E-state index contributed by atoms with van der Waals surface area (Å²) in [6.07, 6.45) is -5.56. The van der Waals surface area contributed by atoms with Gasteiger partial charge in [-0.05, 0) is 17.2 Å². The first kappa shape index (κ1) is 22.5. The van der Waals surface area contributed by atoms with Crippen molar-refractivity contribution in [2.24, 2.45) is 11.0 Å². The molecule has 2 aromatic rings. The topological polar surface area (TPSA) is 107 Å². The van der Waals surface area contributed by atoms with Crippen molar-refractivity contribution < 1.29 is 23.1 Å². The number of carbonyl (C=O) groups is 1. The van der Waals surface area contributed by atoms with Gasteiger partial charge >= 0.3 is 12.3 Å². The van der Waals surface area contributed by atoms with Crippen molar-refractivity contribution in [1.29, 1.82) is 0 Å². The molecule has 0 fully saturated rings. The van der Waals surface area contributed by atoms with E-state index in [0.29, 0.717) is 29.2 Å². The van der Waals surface area contributed by atoms with Crippen LogP contribution in [0.3, 0.4) is 0 Å². The number of halogens is 3. The van der Waals surface area contributed by atoms with Gasteiger partial charge in [0.05, 0.1) is 11.3 Å². The lowest BCUT2D eigenvalue weighted by Crippen LogP contribution is -2.43. The highest BCUT2D eigenvalue weighted by atomic mass is 19.4. The first-order valence-electron chi connectivity index (χ1n) is 9.69. The largest absolute Gasteiger partial charge is 0.465 e. The van der Waals surface area contributed by atoms with Gasteiger partial charge in [-0.3, -0.25) is 4.90 Å². The quantitative estimate of drug-likeness (QED) is 0.403. The summed E-state index contributed by atoms with van der Waals surface area (Å²) in [5, 5.41) is 18.0. The van der Waals surface area contributed by atoms with Crippen molar-refractivity contribution in [2.75, 3.05) is 18.0 Å². The van der Waals surface area contributed by atoms with Crippen LogP contribution in [0.4, 0.5) is 23.8 Å². The van der Waals surface area contributed by atoms with E-state index in [2.05, 4.69) is 15.1 Å². The third-order valence-corrected chi connectivity index (χ3v) is 5.13. The number of hydrogen-bond acceptors (Lipinski definition) is 3. The molecule has 1 N–H and O–H groups in total. The molecule has 8 nitrogen and oxygen atoms in total. The van der Waals surface area contributed by atoms with Crippen LogP contribution in [0, 0.1) is 5.92 Å². The molecule has 3 rings (SSSR count). The highest BCUT2D eigenvalue weighted by Crippen LogP contribution is 2.38. The molecular weight excluding hydrogens is 413 g/mol. The average Bonchev–Trinajstić information content (AvgIpc) is 3.04. The van der Waals surface area contributed by atoms with E-state index in [1.807, 2.05) is 20.8 Å². The van der Waals surface area contributed by atoms with Crippen LogP contribution in [-0.2, 0) is 24.6 Å². The van der Waals surface area contributed by atoms with E-state index < -0.39 is 23.2 Å². The van der Waals surface area contributed by atoms with Gasteiger partial charge in [0.2, 0.25) is 0 Å². The van der Waals surface area contributed by atoms with E-state index in [1.54, 1.807) is 10.7 Å². The molecule has 1 unspecified atom stereocenters. The van der Waals surface area contributed by atoms with Crippen LogP contribution in [0.2, 0.25) is 0 Å². The molecule has 166 valence electrons. The molecule has 0 aliphatic carbocycles. The number of amides is 1. The Labute approximate surface area is 176 Å². The van der Waals surface area contributed by atoms with Gasteiger partial charge in [0.1, 0.15) is 5.82 Å². The SMILES string of the molecule is CC(C)(C)c1nn2c(c1Cc1cccc(C(F)(F)F)c1)N(C(=O)O)CC(CN=[N+]=[N-])C2. The third kappa shape index (κ3) is 4.77. The Morgan fingerprint density at radius 2 is 2.03 bits per heavy atom. The summed E-state index contributed by atoms with van der Waals surface area (Å²) in [5.74, 6) is 0.0978. The minimum Gasteiger partial charge on any atom is -0.465 e. The Morgan fingerprint density at radius 3 is 2.61 bits per heavy atom. The number of aromatic nitrogens is 2. The highest BCUT2D eigenvalue weighted by Gasteiger charge is 2.36. The van der Waals surface area contributed by atoms with Crippen molar-refractivity contribution in [3.8, 4) is 0 Å². The van der Waals surface area contributed by atoms with Crippen LogP contribution in [0.5, 0.6) is 0 Å². The maximum Gasteiger partial charge on any atom is 0.416 e. The molecule has 1 atom stereocenters. The summed E-state index contributed by atoms with van der Waals surface area (Å²) in [4.78, 5) is 15.9. The van der Waals surface area contributed by atoms with E-state index in [4.69, 9.17) is 5.53 Å². The molecule has 1 aliphatic heterocycles. The predicted octanol–water partition coefficient (Wildman–Crippen LogP) is 5.21. The van der Waals surface area contributed by atoms with Gasteiger partial charge in [0.15, 0.2) is 0 Å². The zero-order chi connectivity index (χ0) is 23.0. The van der Waals surface area contributed by atoms with Gasteiger partial charge < -0.3 is 5.11 Å². The van der Waals surface area contributed by atoms with Crippen LogP contribution in [0.15, 0.2) is 29.4 Å². The Balaban J connectivity index is 2.11. The first-order chi connectivity index (χ1) is 14.4. The standard InChI is InChI=1S/C20H23F3N6O2/c1-19(2,3)16-15(8-12-5-4-6-14(7-12)20(21,22)23)17-28(18(30)31)10-13(9-25-27-24)11-29(17)26-16/h4-7,13H,8-11H2,1-3H3,(H,30,31). The molecular formula is C20H23F3N6O2. The fourth-order valence-corrected chi connectivity index (χ4v) is 3.83. The minimum atomic E-state index is -4.47. The maximum atomic E-state index is 13.2. The second-order valence-corrected chi connectivity index (χ2v) is 8.63. The minimum absolute atomic E-state index is 0.108. The van der Waals surface area contributed by atoms with Crippen LogP contribution >= 0.6 is 0 Å². The molecule has 1 aromatic heterocycles. The third-order valence-electron chi connectivity index (χ3n) is 5.13. The molecule has 1 amide bonds. The van der Waals surface area contributed by atoms with Crippen molar-refractivity contribution in [1.82, 2.24) is 9.78 Å². The molecule has 2 heterocycles. The van der Waals surface area contributed by atoms with Crippen LogP contribution in [0.25, 0.3) is 10.4 Å². The van der Waals surface area contributed by atoms with Gasteiger partial charge in [0.25, 0.3) is 0 Å². The monoisotopic (exact) mass is 436 g/mol. The van der Waals surface area contributed by atoms with Gasteiger partial charge in [0, 0.05) is 47.9 Å². The normalized spacial score (nSPS) is 16.6. The smallest absolute Gasteiger partial charge is 0.416 e. The number of benzene rings is 1. The van der Waals surface area contributed by atoms with Gasteiger partial charge in [-0.2, -0.15) is 18.3 Å². The molecule has 1 aromatic carbocycles. The number of azide groups is 1. The fourth-order valence-electron chi connectivity index (χ4n) is 3.83. The van der Waals surface area contributed by atoms with E-state index >= 15 is 0 Å². The summed E-state index contributed by atoms with van der Waals surface area (Å²) in [7, 11) is 0. The highest BCUT2D eigenvalue weighted by molar-refractivity contribution is 5.86. The van der Waals surface area contributed by atoms with Crippen molar-refractivity contribution in [3.63, 3.8) is 0 Å². The number of alkyl halides is 3. The van der Waals surface area contributed by atoms with Crippen LogP contribution in [-0.4, -0.2) is 34.1 Å². The summed E-state index contributed by atoms with van der Waals surface area (Å²) in [6.45, 7) is 6.33. The maximum absolute atomic E-state index is 13.2. The number of hydrogen-bond donors (Lipinski definition) is 1. The number of anilines is 1. The van der Waals surface area contributed by atoms with E-state index in [0.717, 1.165) is 17.0 Å². The van der Waals surface area contributed by atoms with Gasteiger partial charge in [-0.15, -0.1) is 0 Å². The second-order valence-electron chi connectivity index (χ2n) is 8.63. The lowest BCUT2D eigenvalue weighted by molar-refractivity contribution is -0.137. The molecule has 31 heavy (non-hydrogen) atoms. The van der Waals surface area contributed by atoms with E-state index in [-0.39, 0.29) is 25.4 Å². The van der Waals surface area contributed by atoms with Crippen molar-refractivity contribution >= 4 is 11.9 Å². The van der Waals surface area contributed by atoms with Gasteiger partial charge in [-0.25, -0.2) is 9.48 Å². The van der Waals surface area contributed by atoms with E-state index in [9.17, 15) is 23.1 Å². The predicted molar refractivity (Wildman–Crippen MR) is 108 cm³/mol. The second kappa shape index (κ2) is 8.14. The lowest BCUT2D eigenvalue weighted by Gasteiger charge is -2.31. The Hall–Kier alpha value is -3.20. The number of nitrogens with zero attached hydrogens (tertiary/aromatic N) is 6. The summed E-state index contributed by atoms with van der Waals surface area (Å²) in [5.41, 5.74) is 8.98. The average molecular weight is 436 g/mol. The number of fused-ring (bicyclic) bond motifs is 1. The lowest BCUT2D eigenvalue weighted by atomic mass is 9.87. The molecule has 0 saturated carbocycles. The molecule has 0 radical (unpaired) electrons. The summed E-state index contributed by atoms with van der Waals surface area (Å²) < 4.78 is 41.1. The zero-order valence-electron chi connectivity index (χ0n) is 17.4. The summed E-state index contributed by atoms with van der Waals surface area (Å²) in [6, 6.07) is 5.01. The zero-order valence-corrected chi connectivity index (χ0v) is 17.4. The summed E-state index contributed by atoms with van der Waals surface area (Å²) >= 11 is 0. The Bertz CT molecular complexity index is 1030. The van der Waals surface area contributed by atoms with Crippen molar-refractivity contribution in [2.45, 2.75) is 45.3 Å². The van der Waals surface area contributed by atoms with Crippen LogP contribution < -0.4 is 4.90 Å². The Kier molecular flexibility index (Phi) is 5.91. The molecule has 11 heteroatoms. The molecule has 0 spiro atoms. The van der Waals surface area contributed by atoms with Crippen LogP contribution in [0.1, 0.15) is 43.2 Å². The van der Waals surface area contributed by atoms with Gasteiger partial charge in [-0.1, -0.05) is 44.1 Å². The fraction of sp³-hybridized carbons (Fsp3) is 0.500.